The van der Waals surface area contributed by atoms with Gasteiger partial charge in [0.25, 0.3) is 0 Å². The van der Waals surface area contributed by atoms with Crippen molar-refractivity contribution in [1.29, 1.82) is 0 Å². The van der Waals surface area contributed by atoms with Crippen LogP contribution in [0.15, 0.2) is 5.38 Å². The molecule has 96 valence electrons. The monoisotopic (exact) mass is 253 g/mol. The number of aromatic nitrogens is 1. The molecule has 0 amide bonds. The molecular formula is C13H23N3S. The van der Waals surface area contributed by atoms with Crippen molar-refractivity contribution in [3.8, 4) is 0 Å². The van der Waals surface area contributed by atoms with Crippen LogP contribution in [0.25, 0.3) is 0 Å². The van der Waals surface area contributed by atoms with Gasteiger partial charge in [-0.2, -0.15) is 0 Å². The van der Waals surface area contributed by atoms with Crippen LogP contribution < -0.4 is 10.2 Å². The predicted molar refractivity (Wildman–Crippen MR) is 74.8 cm³/mol. The first-order valence-corrected chi connectivity index (χ1v) is 7.48. The average Bonchev–Trinajstić information content (AvgIpc) is 2.72. The van der Waals surface area contributed by atoms with Crippen molar-refractivity contribution < 1.29 is 0 Å². The zero-order valence-corrected chi connectivity index (χ0v) is 11.9. The molecule has 0 aromatic carbocycles. The van der Waals surface area contributed by atoms with Crippen LogP contribution in [0.1, 0.15) is 44.8 Å². The van der Waals surface area contributed by atoms with Crippen molar-refractivity contribution in [2.75, 3.05) is 25.0 Å². The first-order valence-electron chi connectivity index (χ1n) is 6.60. The molecule has 0 spiro atoms. The molecule has 0 saturated heterocycles. The molecule has 0 bridgehead atoms. The molecule has 4 heteroatoms. The van der Waals surface area contributed by atoms with Crippen LogP contribution in [0.2, 0.25) is 0 Å². The third-order valence-corrected chi connectivity index (χ3v) is 4.52. The molecule has 1 aliphatic rings. The van der Waals surface area contributed by atoms with Crippen molar-refractivity contribution in [1.82, 2.24) is 10.3 Å². The van der Waals surface area contributed by atoms with Crippen molar-refractivity contribution in [3.05, 3.63) is 11.1 Å². The second-order valence-electron chi connectivity index (χ2n) is 5.01. The third-order valence-electron chi connectivity index (χ3n) is 3.55. The summed E-state index contributed by atoms with van der Waals surface area (Å²) in [5.41, 5.74) is 1.17. The van der Waals surface area contributed by atoms with E-state index in [-0.39, 0.29) is 0 Å². The molecule has 0 aliphatic heterocycles. The van der Waals surface area contributed by atoms with Gasteiger partial charge in [0.2, 0.25) is 0 Å². The fourth-order valence-electron chi connectivity index (χ4n) is 2.20. The summed E-state index contributed by atoms with van der Waals surface area (Å²) in [4.78, 5) is 7.04. The number of hydrogen-bond donors (Lipinski definition) is 1. The van der Waals surface area contributed by atoms with Crippen LogP contribution in [0.4, 0.5) is 5.13 Å². The molecule has 1 saturated carbocycles. The highest BCUT2D eigenvalue weighted by molar-refractivity contribution is 7.13. The highest BCUT2D eigenvalue weighted by Crippen LogP contribution is 2.30. The first kappa shape index (κ1) is 12.8. The smallest absolute Gasteiger partial charge is 0.185 e. The second-order valence-corrected chi connectivity index (χ2v) is 5.85. The van der Waals surface area contributed by atoms with Crippen LogP contribution in [0, 0.1) is 5.92 Å². The number of nitrogens with zero attached hydrogens (tertiary/aromatic N) is 2. The topological polar surface area (TPSA) is 28.2 Å². The first-order chi connectivity index (χ1) is 8.20. The normalized spacial score (nSPS) is 17.8. The summed E-state index contributed by atoms with van der Waals surface area (Å²) in [7, 11) is 2.17. The van der Waals surface area contributed by atoms with Crippen molar-refractivity contribution >= 4 is 16.5 Å². The molecule has 3 nitrogen and oxygen atoms in total. The van der Waals surface area contributed by atoms with E-state index < -0.39 is 0 Å². The lowest BCUT2D eigenvalue weighted by Crippen LogP contribution is -2.29. The van der Waals surface area contributed by atoms with Crippen LogP contribution in [-0.4, -0.2) is 25.1 Å². The maximum atomic E-state index is 4.72. The van der Waals surface area contributed by atoms with Gasteiger partial charge in [0.05, 0.1) is 5.69 Å². The van der Waals surface area contributed by atoms with Gasteiger partial charge in [0.1, 0.15) is 0 Å². The van der Waals surface area contributed by atoms with E-state index in [4.69, 9.17) is 4.98 Å². The number of rotatable bonds is 6. The molecule has 1 fully saturated rings. The van der Waals surface area contributed by atoms with E-state index in [9.17, 15) is 0 Å². The van der Waals surface area contributed by atoms with Gasteiger partial charge < -0.3 is 10.2 Å². The van der Waals surface area contributed by atoms with Crippen molar-refractivity contribution in [2.24, 2.45) is 5.92 Å². The zero-order valence-electron chi connectivity index (χ0n) is 11.1. The van der Waals surface area contributed by atoms with Crippen LogP contribution in [0.5, 0.6) is 0 Å². The average molecular weight is 253 g/mol. The standard InChI is InChI=1S/C13H23N3S/c1-4-14-10(2)12-9-17-13(15-12)16(3)8-11-6-5-7-11/h9-11,14H,4-8H2,1-3H3. The summed E-state index contributed by atoms with van der Waals surface area (Å²) in [6.45, 7) is 6.47. The Morgan fingerprint density at radius 1 is 1.59 bits per heavy atom. The molecule has 1 aromatic rings. The fraction of sp³-hybridized carbons (Fsp3) is 0.769. The number of anilines is 1. The summed E-state index contributed by atoms with van der Waals surface area (Å²) in [6, 6.07) is 0.363. The van der Waals surface area contributed by atoms with Crippen molar-refractivity contribution in [2.45, 2.75) is 39.2 Å². The van der Waals surface area contributed by atoms with Crippen molar-refractivity contribution in [3.63, 3.8) is 0 Å². The van der Waals surface area contributed by atoms with Crippen LogP contribution in [-0.2, 0) is 0 Å². The van der Waals surface area contributed by atoms with Gasteiger partial charge in [-0.05, 0) is 32.2 Å². The van der Waals surface area contributed by atoms with Gasteiger partial charge in [0, 0.05) is 25.0 Å². The van der Waals surface area contributed by atoms with E-state index in [1.807, 2.05) is 0 Å². The quantitative estimate of drug-likeness (QED) is 0.844. The van der Waals surface area contributed by atoms with Gasteiger partial charge in [-0.1, -0.05) is 13.3 Å². The molecule has 1 N–H and O–H groups in total. The van der Waals surface area contributed by atoms with E-state index in [1.165, 1.54) is 31.5 Å². The molecule has 0 radical (unpaired) electrons. The third kappa shape index (κ3) is 3.19. The van der Waals surface area contributed by atoms with Gasteiger partial charge >= 0.3 is 0 Å². The lowest BCUT2D eigenvalue weighted by molar-refractivity contribution is 0.321. The SMILES string of the molecule is CCNC(C)c1csc(N(C)CC2CCC2)n1. The lowest BCUT2D eigenvalue weighted by Gasteiger charge is -2.29. The second kappa shape index (κ2) is 5.83. The van der Waals surface area contributed by atoms with Gasteiger partial charge in [0.15, 0.2) is 5.13 Å². The number of thiazole rings is 1. The Morgan fingerprint density at radius 2 is 2.35 bits per heavy atom. The minimum absolute atomic E-state index is 0.363. The summed E-state index contributed by atoms with van der Waals surface area (Å²) in [6.07, 6.45) is 4.21. The minimum atomic E-state index is 0.363. The van der Waals surface area contributed by atoms with Crippen LogP contribution in [0.3, 0.4) is 0 Å². The molecule has 17 heavy (non-hydrogen) atoms. The largest absolute Gasteiger partial charge is 0.351 e. The molecular weight excluding hydrogens is 230 g/mol. The Bertz CT molecular complexity index is 346. The lowest BCUT2D eigenvalue weighted by atomic mass is 9.85. The zero-order chi connectivity index (χ0) is 12.3. The Labute approximate surface area is 108 Å². The van der Waals surface area contributed by atoms with Gasteiger partial charge in [-0.15, -0.1) is 11.3 Å². The summed E-state index contributed by atoms with van der Waals surface area (Å²) in [5.74, 6) is 0.901. The molecule has 1 unspecified atom stereocenters. The van der Waals surface area contributed by atoms with E-state index in [0.717, 1.165) is 17.6 Å². The summed E-state index contributed by atoms with van der Waals surface area (Å²) in [5, 5.41) is 6.75. The highest BCUT2D eigenvalue weighted by Gasteiger charge is 2.20. The van der Waals surface area contributed by atoms with Crippen LogP contribution >= 0.6 is 11.3 Å². The van der Waals surface area contributed by atoms with Gasteiger partial charge in [-0.3, -0.25) is 0 Å². The molecule has 1 atom stereocenters. The highest BCUT2D eigenvalue weighted by atomic mass is 32.1. The Morgan fingerprint density at radius 3 is 2.94 bits per heavy atom. The summed E-state index contributed by atoms with van der Waals surface area (Å²) >= 11 is 1.76. The maximum absolute atomic E-state index is 4.72. The van der Waals surface area contributed by atoms with E-state index >= 15 is 0 Å². The Balaban J connectivity index is 1.91. The number of nitrogens with one attached hydrogen (secondary N) is 1. The fourth-order valence-corrected chi connectivity index (χ4v) is 3.10. The Kier molecular flexibility index (Phi) is 4.40. The van der Waals surface area contributed by atoms with E-state index in [1.54, 1.807) is 11.3 Å². The van der Waals surface area contributed by atoms with Gasteiger partial charge in [-0.25, -0.2) is 4.98 Å². The molecule has 1 aromatic heterocycles. The molecule has 1 heterocycles. The predicted octanol–water partition coefficient (Wildman–Crippen LogP) is 3.05. The van der Waals surface area contributed by atoms with E-state index in [2.05, 4.69) is 36.5 Å². The minimum Gasteiger partial charge on any atom is -0.351 e. The summed E-state index contributed by atoms with van der Waals surface area (Å²) < 4.78 is 0. The maximum Gasteiger partial charge on any atom is 0.185 e. The number of hydrogen-bond acceptors (Lipinski definition) is 4. The molecule has 2 rings (SSSR count). The Hall–Kier alpha value is -0.610. The van der Waals surface area contributed by atoms with E-state index in [0.29, 0.717) is 6.04 Å². The molecule has 1 aliphatic carbocycles.